The van der Waals surface area contributed by atoms with E-state index in [1.54, 1.807) is 43.3 Å². The Labute approximate surface area is 163 Å². The number of methoxy groups -OCH3 is 1. The Morgan fingerprint density at radius 1 is 1.33 bits per heavy atom. The second-order valence-electron chi connectivity index (χ2n) is 5.44. The molecular weight excluding hydrogens is 364 g/mol. The largest absolute Gasteiger partial charge is 0.493 e. The molecule has 0 aliphatic carbocycles. The Hall–Kier alpha value is -3.41. The van der Waals surface area contributed by atoms with Gasteiger partial charge in [-0.1, -0.05) is 29.7 Å². The zero-order valence-electron chi connectivity index (χ0n) is 14.9. The van der Waals surface area contributed by atoms with Gasteiger partial charge in [-0.2, -0.15) is 5.26 Å². The van der Waals surface area contributed by atoms with Crippen molar-refractivity contribution in [2.45, 2.75) is 6.92 Å². The summed E-state index contributed by atoms with van der Waals surface area (Å²) in [5.41, 5.74) is 1.81. The van der Waals surface area contributed by atoms with Gasteiger partial charge in [0.1, 0.15) is 18.2 Å². The number of nitriles is 1. The zero-order chi connectivity index (χ0) is 19.8. The Bertz CT molecular complexity index is 968. The third-order valence-corrected chi connectivity index (χ3v) is 4.10. The van der Waals surface area contributed by atoms with E-state index in [1.807, 2.05) is 6.07 Å². The fourth-order valence-corrected chi connectivity index (χ4v) is 2.43. The molecule has 5 nitrogen and oxygen atoms in total. The average Bonchev–Trinajstić information content (AvgIpc) is 2.68. The summed E-state index contributed by atoms with van der Waals surface area (Å²) in [7, 11) is 1.49. The van der Waals surface area contributed by atoms with Gasteiger partial charge in [-0.3, -0.25) is 4.79 Å². The maximum Gasteiger partial charge on any atom is 0.266 e. The van der Waals surface area contributed by atoms with Crippen LogP contribution in [0.1, 0.15) is 11.1 Å². The number of anilines is 1. The molecule has 0 aliphatic rings. The van der Waals surface area contributed by atoms with Crippen LogP contribution in [0.25, 0.3) is 6.08 Å². The molecule has 0 saturated heterocycles. The minimum atomic E-state index is -0.533. The minimum absolute atomic E-state index is 0.0614. The van der Waals surface area contributed by atoms with Gasteiger partial charge in [0.2, 0.25) is 0 Å². The number of hydrogen-bond donors (Lipinski definition) is 1. The highest BCUT2D eigenvalue weighted by Gasteiger charge is 2.13. The van der Waals surface area contributed by atoms with Gasteiger partial charge < -0.3 is 14.8 Å². The van der Waals surface area contributed by atoms with E-state index in [1.165, 1.54) is 13.2 Å². The Morgan fingerprint density at radius 2 is 2.11 bits per heavy atom. The molecule has 0 saturated carbocycles. The summed E-state index contributed by atoms with van der Waals surface area (Å²) in [6.45, 7) is 1.89. The van der Waals surface area contributed by atoms with Crippen LogP contribution in [0.5, 0.6) is 11.5 Å². The minimum Gasteiger partial charge on any atom is -0.493 e. The molecule has 0 unspecified atom stereocenters. The molecule has 0 aromatic heterocycles. The fraction of sp³-hybridized carbons (Fsp3) is 0.143. The molecule has 1 amide bonds. The number of nitrogens with zero attached hydrogens (tertiary/aromatic N) is 1. The first-order chi connectivity index (χ1) is 13.0. The van der Waals surface area contributed by atoms with Crippen LogP contribution in [0.3, 0.4) is 0 Å². The molecule has 0 bridgehead atoms. The number of halogens is 1. The molecule has 0 heterocycles. The highest BCUT2D eigenvalue weighted by molar-refractivity contribution is 6.31. The van der Waals surface area contributed by atoms with E-state index in [-0.39, 0.29) is 12.2 Å². The number of nitrogens with one attached hydrogen (secondary N) is 1. The van der Waals surface area contributed by atoms with Crippen molar-refractivity contribution in [3.63, 3.8) is 0 Å². The Balaban J connectivity index is 2.27. The summed E-state index contributed by atoms with van der Waals surface area (Å²) in [5, 5.41) is 12.6. The number of rotatable bonds is 6. The summed E-state index contributed by atoms with van der Waals surface area (Å²) >= 11 is 6.06. The van der Waals surface area contributed by atoms with Crippen LogP contribution < -0.4 is 14.8 Å². The predicted molar refractivity (Wildman–Crippen MR) is 106 cm³/mol. The standard InChI is InChI=1S/C21H17ClN2O3/c1-4-10-27-19-9-8-15(12-20(19)26-3)11-16(13-23)21(25)24-18-7-5-6-17(22)14(18)2/h1,5-9,11-12H,10H2,2-3H3,(H,24,25). The van der Waals surface area contributed by atoms with Crippen LogP contribution in [0.4, 0.5) is 5.69 Å². The number of terminal acetylenes is 1. The van der Waals surface area contributed by atoms with Crippen molar-refractivity contribution in [2.24, 2.45) is 0 Å². The van der Waals surface area contributed by atoms with Gasteiger partial charge in [0, 0.05) is 10.7 Å². The number of hydrogen-bond acceptors (Lipinski definition) is 4. The number of carbonyl (C=O) groups is 1. The van der Waals surface area contributed by atoms with Crippen LogP contribution in [0.2, 0.25) is 5.02 Å². The maximum absolute atomic E-state index is 12.5. The van der Waals surface area contributed by atoms with E-state index in [0.29, 0.717) is 27.8 Å². The van der Waals surface area contributed by atoms with Crippen molar-refractivity contribution in [3.8, 4) is 29.9 Å². The first-order valence-electron chi connectivity index (χ1n) is 7.92. The molecule has 0 fully saturated rings. The lowest BCUT2D eigenvalue weighted by atomic mass is 10.1. The molecule has 2 aromatic rings. The molecule has 2 aromatic carbocycles. The second kappa shape index (κ2) is 9.33. The molecular formula is C21H17ClN2O3. The van der Waals surface area contributed by atoms with Crippen molar-refractivity contribution in [3.05, 3.63) is 58.1 Å². The molecule has 0 spiro atoms. The van der Waals surface area contributed by atoms with Crippen LogP contribution in [-0.4, -0.2) is 19.6 Å². The Morgan fingerprint density at radius 3 is 2.78 bits per heavy atom. The van der Waals surface area contributed by atoms with Crippen molar-refractivity contribution in [2.75, 3.05) is 19.0 Å². The summed E-state index contributed by atoms with van der Waals surface area (Å²) in [6, 6.07) is 12.1. The zero-order valence-corrected chi connectivity index (χ0v) is 15.6. The lowest BCUT2D eigenvalue weighted by Crippen LogP contribution is -2.14. The SMILES string of the molecule is C#CCOc1ccc(C=C(C#N)C(=O)Nc2cccc(Cl)c2C)cc1OC. The van der Waals surface area contributed by atoms with E-state index >= 15 is 0 Å². The van der Waals surface area contributed by atoms with Gasteiger partial charge in [0.25, 0.3) is 5.91 Å². The number of ether oxygens (including phenoxy) is 2. The summed E-state index contributed by atoms with van der Waals surface area (Å²) < 4.78 is 10.6. The molecule has 2 rings (SSSR count). The molecule has 0 aliphatic heterocycles. The lowest BCUT2D eigenvalue weighted by molar-refractivity contribution is -0.112. The van der Waals surface area contributed by atoms with Gasteiger partial charge in [-0.05, 0) is 48.4 Å². The van der Waals surface area contributed by atoms with Gasteiger partial charge in [0.15, 0.2) is 11.5 Å². The average molecular weight is 381 g/mol. The normalized spacial score (nSPS) is 10.5. The summed E-state index contributed by atoms with van der Waals surface area (Å²) in [5.74, 6) is 2.77. The summed E-state index contributed by atoms with van der Waals surface area (Å²) in [6.07, 6.45) is 6.65. The van der Waals surface area contributed by atoms with Crippen LogP contribution in [0, 0.1) is 30.6 Å². The predicted octanol–water partition coefficient (Wildman–Crippen LogP) is 4.21. The highest BCUT2D eigenvalue weighted by atomic mass is 35.5. The van der Waals surface area contributed by atoms with Crippen LogP contribution in [-0.2, 0) is 4.79 Å². The lowest BCUT2D eigenvalue weighted by Gasteiger charge is -2.10. The van der Waals surface area contributed by atoms with Crippen molar-refractivity contribution >= 4 is 29.3 Å². The highest BCUT2D eigenvalue weighted by Crippen LogP contribution is 2.29. The second-order valence-corrected chi connectivity index (χ2v) is 5.85. The van der Waals surface area contributed by atoms with Crippen molar-refractivity contribution in [1.82, 2.24) is 0 Å². The number of carbonyl (C=O) groups excluding carboxylic acids is 1. The van der Waals surface area contributed by atoms with E-state index < -0.39 is 5.91 Å². The molecule has 1 N–H and O–H groups in total. The van der Waals surface area contributed by atoms with E-state index in [9.17, 15) is 10.1 Å². The smallest absolute Gasteiger partial charge is 0.266 e. The number of benzene rings is 2. The third-order valence-electron chi connectivity index (χ3n) is 3.69. The first kappa shape index (κ1) is 19.9. The summed E-state index contributed by atoms with van der Waals surface area (Å²) in [4.78, 5) is 12.5. The van der Waals surface area contributed by atoms with Crippen molar-refractivity contribution < 1.29 is 14.3 Å². The van der Waals surface area contributed by atoms with E-state index in [2.05, 4.69) is 11.2 Å². The monoisotopic (exact) mass is 380 g/mol. The maximum atomic E-state index is 12.5. The molecule has 27 heavy (non-hydrogen) atoms. The van der Waals surface area contributed by atoms with Gasteiger partial charge in [-0.15, -0.1) is 6.42 Å². The fourth-order valence-electron chi connectivity index (χ4n) is 2.26. The quantitative estimate of drug-likeness (QED) is 0.463. The molecule has 0 radical (unpaired) electrons. The molecule has 6 heteroatoms. The molecule has 0 atom stereocenters. The third kappa shape index (κ3) is 5.04. The van der Waals surface area contributed by atoms with E-state index in [0.717, 1.165) is 5.56 Å². The number of amides is 1. The topological polar surface area (TPSA) is 71.3 Å². The van der Waals surface area contributed by atoms with Gasteiger partial charge >= 0.3 is 0 Å². The Kier molecular flexibility index (Phi) is 6.88. The van der Waals surface area contributed by atoms with Crippen LogP contribution in [0.15, 0.2) is 42.0 Å². The molecule has 136 valence electrons. The van der Waals surface area contributed by atoms with Crippen LogP contribution >= 0.6 is 11.6 Å². The van der Waals surface area contributed by atoms with E-state index in [4.69, 9.17) is 27.5 Å². The van der Waals surface area contributed by atoms with Gasteiger partial charge in [-0.25, -0.2) is 0 Å². The van der Waals surface area contributed by atoms with Crippen molar-refractivity contribution in [1.29, 1.82) is 5.26 Å². The van der Waals surface area contributed by atoms with Gasteiger partial charge in [0.05, 0.1) is 7.11 Å². The first-order valence-corrected chi connectivity index (χ1v) is 8.30.